The van der Waals surface area contributed by atoms with Crippen molar-refractivity contribution in [2.75, 3.05) is 31.4 Å². The number of carbonyl (C=O) groups is 1. The van der Waals surface area contributed by atoms with Crippen LogP contribution in [0.3, 0.4) is 0 Å². The fourth-order valence-electron chi connectivity index (χ4n) is 2.91. The van der Waals surface area contributed by atoms with Crippen LogP contribution in [-0.2, 0) is 6.42 Å². The number of carbonyl (C=O) groups excluding carboxylic acids is 1. The largest absolute Gasteiger partial charge is 0.497 e. The second-order valence-corrected chi connectivity index (χ2v) is 6.40. The summed E-state index contributed by atoms with van der Waals surface area (Å²) in [6, 6.07) is 14.6. The molecule has 1 aromatic heterocycles. The summed E-state index contributed by atoms with van der Waals surface area (Å²) < 4.78 is 24.4. The molecule has 0 aliphatic heterocycles. The Morgan fingerprint density at radius 3 is 2.53 bits per heavy atom. The minimum Gasteiger partial charge on any atom is -0.497 e. The number of methoxy groups -OCH3 is 2. The molecule has 0 saturated carbocycles. The maximum atomic E-state index is 14.3. The first-order valence-corrected chi connectivity index (χ1v) is 9.28. The number of benzene rings is 2. The van der Waals surface area contributed by atoms with Crippen molar-refractivity contribution < 1.29 is 18.7 Å². The third-order valence-corrected chi connectivity index (χ3v) is 4.47. The molecule has 0 fully saturated rings. The second-order valence-electron chi connectivity index (χ2n) is 6.40. The van der Waals surface area contributed by atoms with Gasteiger partial charge in [-0.2, -0.15) is 0 Å². The normalized spacial score (nSPS) is 10.4. The summed E-state index contributed by atoms with van der Waals surface area (Å²) in [5, 5.41) is 2.84. The van der Waals surface area contributed by atoms with Gasteiger partial charge in [0.25, 0.3) is 0 Å². The van der Waals surface area contributed by atoms with E-state index in [0.717, 1.165) is 11.3 Å². The molecule has 0 atom stereocenters. The molecule has 0 radical (unpaired) electrons. The van der Waals surface area contributed by atoms with Gasteiger partial charge < -0.3 is 20.5 Å². The zero-order valence-corrected chi connectivity index (χ0v) is 16.8. The fourth-order valence-corrected chi connectivity index (χ4v) is 2.91. The number of hydrogen-bond donors (Lipinski definition) is 2. The van der Waals surface area contributed by atoms with Gasteiger partial charge in [0.2, 0.25) is 0 Å². The van der Waals surface area contributed by atoms with Crippen molar-refractivity contribution in [1.29, 1.82) is 0 Å². The monoisotopic (exact) mass is 410 g/mol. The highest BCUT2D eigenvalue weighted by atomic mass is 19.1. The van der Waals surface area contributed by atoms with E-state index in [1.807, 2.05) is 24.3 Å². The molecular formula is C22H23FN4O3. The van der Waals surface area contributed by atoms with E-state index >= 15 is 0 Å². The van der Waals surface area contributed by atoms with Gasteiger partial charge in [0.1, 0.15) is 5.75 Å². The summed E-state index contributed by atoms with van der Waals surface area (Å²) in [6.45, 7) is 0.368. The molecule has 3 rings (SSSR count). The first-order chi connectivity index (χ1) is 14.5. The average Bonchev–Trinajstić information content (AvgIpc) is 2.76. The number of nitrogens with one attached hydrogen (secondary N) is 1. The van der Waals surface area contributed by atoms with Gasteiger partial charge in [-0.05, 0) is 48.4 Å². The topological polar surface area (TPSA) is 89.7 Å². The summed E-state index contributed by atoms with van der Waals surface area (Å²) in [7, 11) is 2.98. The van der Waals surface area contributed by atoms with Crippen molar-refractivity contribution in [1.82, 2.24) is 10.3 Å². The molecule has 2 aromatic carbocycles. The molecule has 156 valence electrons. The van der Waals surface area contributed by atoms with Crippen LogP contribution in [0.15, 0.2) is 60.8 Å². The molecular weight excluding hydrogens is 387 g/mol. The molecule has 3 aromatic rings. The van der Waals surface area contributed by atoms with Crippen LogP contribution in [0.25, 0.3) is 0 Å². The second kappa shape index (κ2) is 9.60. The third kappa shape index (κ3) is 4.78. The van der Waals surface area contributed by atoms with Crippen LogP contribution < -0.4 is 25.4 Å². The number of urea groups is 1. The number of ether oxygens (including phenoxy) is 2. The van der Waals surface area contributed by atoms with Gasteiger partial charge in [0.05, 0.1) is 25.6 Å². The number of nitrogens with zero attached hydrogens (tertiary/aromatic N) is 2. The molecule has 0 aliphatic rings. The summed E-state index contributed by atoms with van der Waals surface area (Å²) in [6.07, 6.45) is 2.13. The molecule has 0 unspecified atom stereocenters. The summed E-state index contributed by atoms with van der Waals surface area (Å²) in [5.74, 6) is 0.457. The van der Waals surface area contributed by atoms with Gasteiger partial charge in [-0.1, -0.05) is 12.1 Å². The highest BCUT2D eigenvalue weighted by Crippen LogP contribution is 2.31. The van der Waals surface area contributed by atoms with Crippen molar-refractivity contribution in [2.24, 2.45) is 0 Å². The number of aromatic nitrogens is 1. The Kier molecular flexibility index (Phi) is 6.69. The van der Waals surface area contributed by atoms with Crippen molar-refractivity contribution in [3.8, 4) is 11.5 Å². The number of nitrogens with two attached hydrogens (primary N) is 1. The minimum atomic E-state index is -0.597. The number of halogens is 1. The van der Waals surface area contributed by atoms with Gasteiger partial charge in [0, 0.05) is 18.8 Å². The van der Waals surface area contributed by atoms with Crippen LogP contribution >= 0.6 is 0 Å². The Balaban J connectivity index is 1.80. The van der Waals surface area contributed by atoms with E-state index in [-0.39, 0.29) is 17.3 Å². The zero-order valence-electron chi connectivity index (χ0n) is 16.8. The van der Waals surface area contributed by atoms with E-state index < -0.39 is 11.8 Å². The number of hydrogen-bond acceptors (Lipinski definition) is 5. The van der Waals surface area contributed by atoms with Crippen molar-refractivity contribution in [3.05, 3.63) is 72.2 Å². The van der Waals surface area contributed by atoms with Crippen molar-refractivity contribution >= 4 is 23.2 Å². The van der Waals surface area contributed by atoms with E-state index in [0.29, 0.717) is 18.7 Å². The maximum Gasteiger partial charge on any atom is 0.327 e. The van der Waals surface area contributed by atoms with E-state index in [4.69, 9.17) is 15.2 Å². The number of rotatable bonds is 7. The lowest BCUT2D eigenvalue weighted by Crippen LogP contribution is -2.38. The highest BCUT2D eigenvalue weighted by Gasteiger charge is 2.22. The van der Waals surface area contributed by atoms with Gasteiger partial charge in [-0.15, -0.1) is 0 Å². The Bertz CT molecular complexity index is 1010. The molecule has 0 bridgehead atoms. The quantitative estimate of drug-likeness (QED) is 0.616. The lowest BCUT2D eigenvalue weighted by molar-refractivity contribution is 0.248. The number of nitrogen functional groups attached to an aromatic ring is 1. The number of amides is 2. The molecule has 30 heavy (non-hydrogen) atoms. The smallest absolute Gasteiger partial charge is 0.327 e. The Morgan fingerprint density at radius 1 is 1.13 bits per heavy atom. The van der Waals surface area contributed by atoms with Crippen LogP contribution in [0.1, 0.15) is 5.56 Å². The van der Waals surface area contributed by atoms with Crippen LogP contribution in [0.5, 0.6) is 11.5 Å². The molecule has 0 spiro atoms. The first-order valence-electron chi connectivity index (χ1n) is 9.28. The number of anilines is 3. The fraction of sp³-hybridized carbons (Fsp3) is 0.182. The van der Waals surface area contributed by atoms with E-state index in [1.165, 1.54) is 30.3 Å². The lowest BCUT2D eigenvalue weighted by Gasteiger charge is -2.24. The standard InChI is InChI=1S/C22H23FN4O3/c1-29-17-8-5-15(6-9-17)11-13-26-22(28)27(21-19(24)4-3-12-25-21)16-7-10-20(30-2)18(23)14-16/h3-10,12,14H,11,13,24H2,1-2H3,(H,26,28). The highest BCUT2D eigenvalue weighted by molar-refractivity contribution is 6.00. The molecule has 8 heteroatoms. The third-order valence-electron chi connectivity index (χ3n) is 4.47. The lowest BCUT2D eigenvalue weighted by atomic mass is 10.1. The molecule has 0 aliphatic carbocycles. The van der Waals surface area contributed by atoms with Gasteiger partial charge in [-0.3, -0.25) is 0 Å². The first kappa shape index (κ1) is 20.9. The molecule has 2 amide bonds. The summed E-state index contributed by atoms with van der Waals surface area (Å²) in [4.78, 5) is 18.4. The summed E-state index contributed by atoms with van der Waals surface area (Å²) >= 11 is 0. The van der Waals surface area contributed by atoms with Crippen LogP contribution in [0.2, 0.25) is 0 Å². The van der Waals surface area contributed by atoms with Crippen LogP contribution in [-0.4, -0.2) is 31.8 Å². The average molecular weight is 410 g/mol. The minimum absolute atomic E-state index is 0.0765. The van der Waals surface area contributed by atoms with Crippen LogP contribution in [0, 0.1) is 5.82 Å². The Labute approximate surface area is 174 Å². The van der Waals surface area contributed by atoms with Crippen LogP contribution in [0.4, 0.5) is 26.4 Å². The maximum absolute atomic E-state index is 14.3. The predicted octanol–water partition coefficient (Wildman–Crippen LogP) is 3.91. The van der Waals surface area contributed by atoms with E-state index in [2.05, 4.69) is 10.3 Å². The van der Waals surface area contributed by atoms with Gasteiger partial charge in [0.15, 0.2) is 17.4 Å². The molecule has 7 nitrogen and oxygen atoms in total. The SMILES string of the molecule is COc1ccc(CCNC(=O)N(c2ccc(OC)c(F)c2)c2ncccc2N)cc1. The predicted molar refractivity (Wildman–Crippen MR) is 114 cm³/mol. The van der Waals surface area contributed by atoms with Gasteiger partial charge in [-0.25, -0.2) is 19.1 Å². The van der Waals surface area contributed by atoms with Gasteiger partial charge >= 0.3 is 6.03 Å². The molecule has 3 N–H and O–H groups in total. The summed E-state index contributed by atoms with van der Waals surface area (Å²) in [5.41, 5.74) is 7.63. The van der Waals surface area contributed by atoms with E-state index in [9.17, 15) is 9.18 Å². The van der Waals surface area contributed by atoms with E-state index in [1.54, 1.807) is 25.3 Å². The van der Waals surface area contributed by atoms with Crippen molar-refractivity contribution in [2.45, 2.75) is 6.42 Å². The number of pyridine rings is 1. The Morgan fingerprint density at radius 2 is 1.90 bits per heavy atom. The van der Waals surface area contributed by atoms with Crippen molar-refractivity contribution in [3.63, 3.8) is 0 Å². The Hall–Kier alpha value is -3.81. The molecule has 1 heterocycles. The molecule has 0 saturated heterocycles. The zero-order chi connectivity index (χ0) is 21.5.